The standard InChI is InChI=1S/C12H17N3O2.2ClH/c1-8(2)6-14-7-11(13)10-5-9(15(16)17)3-4-12(10)14;;/h3-5,8,11H,6-7,13H2,1-2H3;2*1H. The average Bonchev–Trinajstić information content (AvgIpc) is 2.54. The lowest BCUT2D eigenvalue weighted by atomic mass is 10.1. The van der Waals surface area contributed by atoms with Crippen molar-refractivity contribution >= 4 is 36.2 Å². The number of nitro benzene ring substituents is 1. The van der Waals surface area contributed by atoms with E-state index in [0.29, 0.717) is 5.92 Å². The van der Waals surface area contributed by atoms with E-state index in [1.54, 1.807) is 12.1 Å². The Morgan fingerprint density at radius 1 is 1.47 bits per heavy atom. The number of fused-ring (bicyclic) bond motifs is 1. The Kier molecular flexibility index (Phi) is 6.55. The lowest BCUT2D eigenvalue weighted by Crippen LogP contribution is -2.28. The Labute approximate surface area is 125 Å². The van der Waals surface area contributed by atoms with Gasteiger partial charge in [0.2, 0.25) is 0 Å². The van der Waals surface area contributed by atoms with Crippen molar-refractivity contribution in [2.45, 2.75) is 19.9 Å². The van der Waals surface area contributed by atoms with Gasteiger partial charge in [-0.05, 0) is 12.0 Å². The summed E-state index contributed by atoms with van der Waals surface area (Å²) in [6.45, 7) is 5.97. The Balaban J connectivity index is 0.00000162. The van der Waals surface area contributed by atoms with Crippen LogP contribution in [0, 0.1) is 16.0 Å². The third-order valence-electron chi connectivity index (χ3n) is 2.96. The Bertz CT molecular complexity index is 455. The van der Waals surface area contributed by atoms with E-state index in [0.717, 1.165) is 24.3 Å². The molecular formula is C12H19Cl2N3O2. The molecule has 1 aromatic carbocycles. The molecule has 108 valence electrons. The average molecular weight is 308 g/mol. The number of hydrogen-bond donors (Lipinski definition) is 1. The second-order valence-electron chi connectivity index (χ2n) is 4.91. The van der Waals surface area contributed by atoms with Crippen molar-refractivity contribution in [1.29, 1.82) is 0 Å². The number of nitro groups is 1. The van der Waals surface area contributed by atoms with E-state index in [2.05, 4.69) is 18.7 Å². The second kappa shape index (κ2) is 6.93. The maximum atomic E-state index is 10.7. The minimum Gasteiger partial charge on any atom is -0.369 e. The molecule has 0 fully saturated rings. The maximum absolute atomic E-state index is 10.7. The van der Waals surface area contributed by atoms with Crippen molar-refractivity contribution in [3.05, 3.63) is 33.9 Å². The van der Waals surface area contributed by atoms with Crippen LogP contribution in [0.4, 0.5) is 11.4 Å². The number of hydrogen-bond acceptors (Lipinski definition) is 4. The smallest absolute Gasteiger partial charge is 0.269 e. The van der Waals surface area contributed by atoms with Gasteiger partial charge in [0.15, 0.2) is 0 Å². The zero-order valence-electron chi connectivity index (χ0n) is 10.9. The van der Waals surface area contributed by atoms with Crippen LogP contribution in [-0.2, 0) is 0 Å². The van der Waals surface area contributed by atoms with Crippen molar-refractivity contribution in [3.63, 3.8) is 0 Å². The number of benzene rings is 1. The van der Waals surface area contributed by atoms with Crippen LogP contribution in [0.1, 0.15) is 25.5 Å². The zero-order valence-corrected chi connectivity index (χ0v) is 12.5. The summed E-state index contributed by atoms with van der Waals surface area (Å²) in [5.41, 5.74) is 8.06. The summed E-state index contributed by atoms with van der Waals surface area (Å²) in [6, 6.07) is 4.83. The molecule has 7 heteroatoms. The van der Waals surface area contributed by atoms with E-state index in [1.165, 1.54) is 0 Å². The van der Waals surface area contributed by atoms with E-state index in [-0.39, 0.29) is 41.5 Å². The Morgan fingerprint density at radius 3 is 2.63 bits per heavy atom. The largest absolute Gasteiger partial charge is 0.369 e. The molecule has 0 saturated carbocycles. The van der Waals surface area contributed by atoms with Crippen LogP contribution in [0.2, 0.25) is 0 Å². The first-order valence-electron chi connectivity index (χ1n) is 5.78. The molecule has 2 N–H and O–H groups in total. The molecule has 0 aromatic heterocycles. The summed E-state index contributed by atoms with van der Waals surface area (Å²) in [7, 11) is 0. The Morgan fingerprint density at radius 2 is 2.11 bits per heavy atom. The predicted octanol–water partition coefficient (Wildman–Crippen LogP) is 2.91. The van der Waals surface area contributed by atoms with Crippen molar-refractivity contribution in [1.82, 2.24) is 0 Å². The van der Waals surface area contributed by atoms with Gasteiger partial charge in [0.05, 0.1) is 4.92 Å². The molecule has 0 radical (unpaired) electrons. The van der Waals surface area contributed by atoms with Crippen LogP contribution in [0.5, 0.6) is 0 Å². The van der Waals surface area contributed by atoms with Gasteiger partial charge in [-0.3, -0.25) is 10.1 Å². The van der Waals surface area contributed by atoms with Gasteiger partial charge in [-0.2, -0.15) is 0 Å². The molecule has 0 saturated heterocycles. The molecule has 1 atom stereocenters. The molecule has 1 unspecified atom stereocenters. The predicted molar refractivity (Wildman–Crippen MR) is 81.6 cm³/mol. The second-order valence-corrected chi connectivity index (χ2v) is 4.91. The molecule has 1 aliphatic rings. The number of rotatable bonds is 3. The number of nitrogens with zero attached hydrogens (tertiary/aromatic N) is 2. The molecule has 2 rings (SSSR count). The van der Waals surface area contributed by atoms with Crippen LogP contribution in [0.3, 0.4) is 0 Å². The van der Waals surface area contributed by atoms with Gasteiger partial charge in [0.1, 0.15) is 0 Å². The molecular weight excluding hydrogens is 289 g/mol. The van der Waals surface area contributed by atoms with Crippen molar-refractivity contribution in [2.75, 3.05) is 18.0 Å². The van der Waals surface area contributed by atoms with Gasteiger partial charge >= 0.3 is 0 Å². The SMILES string of the molecule is CC(C)CN1CC(N)c2cc([N+](=O)[O-])ccc21.Cl.Cl. The third-order valence-corrected chi connectivity index (χ3v) is 2.96. The highest BCUT2D eigenvalue weighted by atomic mass is 35.5. The van der Waals surface area contributed by atoms with Crippen LogP contribution in [0.25, 0.3) is 0 Å². The fourth-order valence-electron chi connectivity index (χ4n) is 2.29. The quantitative estimate of drug-likeness (QED) is 0.688. The summed E-state index contributed by atoms with van der Waals surface area (Å²) in [5, 5.41) is 10.7. The highest BCUT2D eigenvalue weighted by molar-refractivity contribution is 5.85. The number of nitrogens with two attached hydrogens (primary N) is 1. The number of non-ortho nitro benzene ring substituents is 1. The minimum atomic E-state index is -0.377. The van der Waals surface area contributed by atoms with Crippen molar-refractivity contribution in [3.8, 4) is 0 Å². The summed E-state index contributed by atoms with van der Waals surface area (Å²) >= 11 is 0. The van der Waals surface area contributed by atoms with E-state index in [4.69, 9.17) is 5.73 Å². The lowest BCUT2D eigenvalue weighted by Gasteiger charge is -2.21. The molecule has 0 amide bonds. The van der Waals surface area contributed by atoms with Gasteiger partial charge in [0.25, 0.3) is 5.69 Å². The highest BCUT2D eigenvalue weighted by Gasteiger charge is 2.27. The maximum Gasteiger partial charge on any atom is 0.269 e. The molecule has 1 heterocycles. The van der Waals surface area contributed by atoms with Crippen LogP contribution in [-0.4, -0.2) is 18.0 Å². The molecule has 0 bridgehead atoms. The first-order valence-corrected chi connectivity index (χ1v) is 5.78. The normalized spacial score (nSPS) is 16.6. The fourth-order valence-corrected chi connectivity index (χ4v) is 2.29. The monoisotopic (exact) mass is 307 g/mol. The fraction of sp³-hybridized carbons (Fsp3) is 0.500. The van der Waals surface area contributed by atoms with E-state index >= 15 is 0 Å². The van der Waals surface area contributed by atoms with Gasteiger partial charge in [-0.15, -0.1) is 24.8 Å². The summed E-state index contributed by atoms with van der Waals surface area (Å²) in [6.07, 6.45) is 0. The van der Waals surface area contributed by atoms with E-state index in [9.17, 15) is 10.1 Å². The zero-order chi connectivity index (χ0) is 12.6. The van der Waals surface area contributed by atoms with Gasteiger partial charge in [-0.25, -0.2) is 0 Å². The number of anilines is 1. The highest BCUT2D eigenvalue weighted by Crippen LogP contribution is 2.36. The topological polar surface area (TPSA) is 72.4 Å². The molecule has 1 aliphatic heterocycles. The van der Waals surface area contributed by atoms with Crippen LogP contribution < -0.4 is 10.6 Å². The Hall–Kier alpha value is -1.04. The summed E-state index contributed by atoms with van der Waals surface area (Å²) in [4.78, 5) is 12.5. The molecule has 19 heavy (non-hydrogen) atoms. The van der Waals surface area contributed by atoms with Crippen LogP contribution >= 0.6 is 24.8 Å². The summed E-state index contributed by atoms with van der Waals surface area (Å²) < 4.78 is 0. The first-order chi connectivity index (χ1) is 7.99. The van der Waals surface area contributed by atoms with Gasteiger partial charge in [-0.1, -0.05) is 13.8 Å². The van der Waals surface area contributed by atoms with E-state index in [1.807, 2.05) is 6.07 Å². The minimum absolute atomic E-state index is 0. The molecule has 5 nitrogen and oxygen atoms in total. The van der Waals surface area contributed by atoms with E-state index < -0.39 is 0 Å². The molecule has 1 aromatic rings. The first kappa shape index (κ1) is 18.0. The van der Waals surface area contributed by atoms with Crippen molar-refractivity contribution < 1.29 is 4.92 Å². The molecule has 0 aliphatic carbocycles. The van der Waals surface area contributed by atoms with Gasteiger partial charge in [0, 0.05) is 42.5 Å². The summed E-state index contributed by atoms with van der Waals surface area (Å²) in [5.74, 6) is 0.545. The van der Waals surface area contributed by atoms with Crippen molar-refractivity contribution in [2.24, 2.45) is 11.7 Å². The number of halogens is 2. The van der Waals surface area contributed by atoms with Crippen LogP contribution in [0.15, 0.2) is 18.2 Å². The van der Waals surface area contributed by atoms with Gasteiger partial charge < -0.3 is 10.6 Å². The molecule has 0 spiro atoms. The lowest BCUT2D eigenvalue weighted by molar-refractivity contribution is -0.384. The third kappa shape index (κ3) is 3.72.